The molecule has 1 heterocycles. The van der Waals surface area contributed by atoms with E-state index < -0.39 is 5.97 Å². The van der Waals surface area contributed by atoms with Gasteiger partial charge in [-0.15, -0.1) is 11.8 Å². The van der Waals surface area contributed by atoms with Crippen molar-refractivity contribution in [1.82, 2.24) is 0 Å². The normalized spacial score (nSPS) is 10.7. The summed E-state index contributed by atoms with van der Waals surface area (Å²) in [7, 11) is 0. The van der Waals surface area contributed by atoms with Crippen LogP contribution in [0.1, 0.15) is 21.7 Å². The lowest BCUT2D eigenvalue weighted by molar-refractivity contribution is 0.0696. The van der Waals surface area contributed by atoms with E-state index in [1.165, 1.54) is 0 Å². The van der Waals surface area contributed by atoms with Crippen molar-refractivity contribution in [2.75, 3.05) is 0 Å². The molecular weight excluding hydrogens is 308 g/mol. The number of aryl methyl sites for hydroxylation is 1. The summed E-state index contributed by atoms with van der Waals surface area (Å²) in [6, 6.07) is 17.4. The summed E-state index contributed by atoms with van der Waals surface area (Å²) >= 11 is 1.63. The molecule has 23 heavy (non-hydrogen) atoms. The third kappa shape index (κ3) is 3.48. The van der Waals surface area contributed by atoms with Crippen molar-refractivity contribution < 1.29 is 14.3 Å². The van der Waals surface area contributed by atoms with E-state index in [1.54, 1.807) is 24.1 Å². The Balaban J connectivity index is 1.89. The molecule has 0 radical (unpaired) electrons. The minimum absolute atomic E-state index is 0.339. The van der Waals surface area contributed by atoms with Crippen LogP contribution in [0.4, 0.5) is 0 Å². The lowest BCUT2D eigenvalue weighted by Crippen LogP contribution is -2.02. The summed E-state index contributed by atoms with van der Waals surface area (Å²) in [6.45, 7) is 1.87. The Hall–Kier alpha value is -2.46. The highest BCUT2D eigenvalue weighted by Gasteiger charge is 2.14. The molecular formula is C19H16O3S. The van der Waals surface area contributed by atoms with Crippen LogP contribution in [0.2, 0.25) is 0 Å². The second-order valence-corrected chi connectivity index (χ2v) is 6.22. The van der Waals surface area contributed by atoms with Gasteiger partial charge in [0.25, 0.3) is 0 Å². The molecule has 3 aromatic rings. The van der Waals surface area contributed by atoms with Gasteiger partial charge in [0.15, 0.2) is 0 Å². The molecule has 1 N–H and O–H groups in total. The molecule has 0 unspecified atom stereocenters. The first-order chi connectivity index (χ1) is 11.1. The Morgan fingerprint density at radius 2 is 1.91 bits per heavy atom. The zero-order chi connectivity index (χ0) is 16.2. The van der Waals surface area contributed by atoms with Gasteiger partial charge in [0, 0.05) is 16.2 Å². The lowest BCUT2D eigenvalue weighted by Gasteiger charge is -2.09. The molecule has 4 heteroatoms. The molecule has 0 aliphatic carbocycles. The molecule has 3 rings (SSSR count). The first kappa shape index (κ1) is 15.4. The van der Waals surface area contributed by atoms with Gasteiger partial charge in [-0.2, -0.15) is 0 Å². The lowest BCUT2D eigenvalue weighted by atomic mass is 10.0. The van der Waals surface area contributed by atoms with Gasteiger partial charge in [0.1, 0.15) is 5.76 Å². The van der Waals surface area contributed by atoms with E-state index >= 15 is 0 Å². The average molecular weight is 324 g/mol. The van der Waals surface area contributed by atoms with Crippen LogP contribution in [0, 0.1) is 6.92 Å². The van der Waals surface area contributed by atoms with Crippen molar-refractivity contribution in [3.63, 3.8) is 0 Å². The quantitative estimate of drug-likeness (QED) is 0.652. The van der Waals surface area contributed by atoms with Crippen LogP contribution < -0.4 is 0 Å². The van der Waals surface area contributed by atoms with E-state index in [1.807, 2.05) is 55.5 Å². The van der Waals surface area contributed by atoms with Crippen LogP contribution in [0.15, 0.2) is 70.2 Å². The molecule has 0 aliphatic rings. The van der Waals surface area contributed by atoms with Gasteiger partial charge in [-0.05, 0) is 42.3 Å². The van der Waals surface area contributed by atoms with Crippen LogP contribution in [-0.4, -0.2) is 11.1 Å². The number of aromatic carboxylic acids is 1. The largest absolute Gasteiger partial charge is 0.478 e. The molecule has 116 valence electrons. The van der Waals surface area contributed by atoms with E-state index in [0.717, 1.165) is 27.3 Å². The van der Waals surface area contributed by atoms with Crippen LogP contribution in [-0.2, 0) is 5.75 Å². The summed E-state index contributed by atoms with van der Waals surface area (Å²) in [6.07, 6.45) is 1.62. The van der Waals surface area contributed by atoms with Crippen molar-refractivity contribution in [3.05, 3.63) is 77.7 Å². The van der Waals surface area contributed by atoms with Gasteiger partial charge in [0.2, 0.25) is 0 Å². The predicted molar refractivity (Wildman–Crippen MR) is 91.8 cm³/mol. The predicted octanol–water partition coefficient (Wildman–Crippen LogP) is 5.25. The number of hydrogen-bond acceptors (Lipinski definition) is 3. The fraction of sp³-hybridized carbons (Fsp3) is 0.105. The summed E-state index contributed by atoms with van der Waals surface area (Å²) in [5.41, 5.74) is 2.94. The second-order valence-electron chi connectivity index (χ2n) is 5.17. The fourth-order valence-corrected chi connectivity index (χ4v) is 3.35. The maximum Gasteiger partial charge on any atom is 0.336 e. The molecule has 1 aromatic heterocycles. The standard InChI is InChI=1S/C19H16O3S/c1-13-17(9-10-22-13)14-7-8-15(18(11-14)19(20)21)12-23-16-5-3-2-4-6-16/h2-11H,12H2,1H3,(H,20,21). The number of rotatable bonds is 5. The van der Waals surface area contributed by atoms with Crippen molar-refractivity contribution >= 4 is 17.7 Å². The van der Waals surface area contributed by atoms with E-state index in [0.29, 0.717) is 11.3 Å². The average Bonchev–Trinajstić information content (AvgIpc) is 3.00. The van der Waals surface area contributed by atoms with Gasteiger partial charge < -0.3 is 9.52 Å². The highest BCUT2D eigenvalue weighted by atomic mass is 32.2. The molecule has 0 fully saturated rings. The van der Waals surface area contributed by atoms with Crippen LogP contribution in [0.3, 0.4) is 0 Å². The van der Waals surface area contributed by atoms with Crippen molar-refractivity contribution in [2.45, 2.75) is 17.6 Å². The summed E-state index contributed by atoms with van der Waals surface area (Å²) in [5, 5.41) is 9.52. The second kappa shape index (κ2) is 6.75. The third-order valence-electron chi connectivity index (χ3n) is 3.65. The maximum absolute atomic E-state index is 11.6. The summed E-state index contributed by atoms with van der Waals surface area (Å²) in [4.78, 5) is 12.7. The zero-order valence-corrected chi connectivity index (χ0v) is 13.5. The number of benzene rings is 2. The van der Waals surface area contributed by atoms with Gasteiger partial charge >= 0.3 is 5.97 Å². The smallest absolute Gasteiger partial charge is 0.336 e. The van der Waals surface area contributed by atoms with Gasteiger partial charge in [-0.25, -0.2) is 4.79 Å². The SMILES string of the molecule is Cc1occc1-c1ccc(CSc2ccccc2)c(C(=O)O)c1. The molecule has 0 saturated carbocycles. The number of carbonyl (C=O) groups is 1. The number of carboxylic acid groups (broad SMARTS) is 1. The number of carboxylic acids is 1. The van der Waals surface area contributed by atoms with E-state index in [-0.39, 0.29) is 0 Å². The van der Waals surface area contributed by atoms with Gasteiger partial charge in [-0.1, -0.05) is 30.3 Å². The highest BCUT2D eigenvalue weighted by Crippen LogP contribution is 2.29. The topological polar surface area (TPSA) is 50.4 Å². The number of thioether (sulfide) groups is 1. The third-order valence-corrected chi connectivity index (χ3v) is 4.71. The van der Waals surface area contributed by atoms with Crippen LogP contribution in [0.5, 0.6) is 0 Å². The number of hydrogen-bond donors (Lipinski definition) is 1. The molecule has 0 atom stereocenters. The van der Waals surface area contributed by atoms with Crippen molar-refractivity contribution in [3.8, 4) is 11.1 Å². The Labute approximate surface area is 139 Å². The molecule has 3 nitrogen and oxygen atoms in total. The molecule has 2 aromatic carbocycles. The minimum atomic E-state index is -0.906. The van der Waals surface area contributed by atoms with Crippen LogP contribution >= 0.6 is 11.8 Å². The maximum atomic E-state index is 11.6. The highest BCUT2D eigenvalue weighted by molar-refractivity contribution is 7.98. The first-order valence-electron chi connectivity index (χ1n) is 7.23. The van der Waals surface area contributed by atoms with Gasteiger partial charge in [-0.3, -0.25) is 0 Å². The van der Waals surface area contributed by atoms with Crippen molar-refractivity contribution in [2.24, 2.45) is 0 Å². The Morgan fingerprint density at radius 3 is 2.57 bits per heavy atom. The molecule has 0 saturated heterocycles. The van der Waals surface area contributed by atoms with E-state index in [2.05, 4.69) is 0 Å². The molecule has 0 bridgehead atoms. The summed E-state index contributed by atoms with van der Waals surface area (Å²) in [5.74, 6) is 0.500. The minimum Gasteiger partial charge on any atom is -0.478 e. The summed E-state index contributed by atoms with van der Waals surface area (Å²) < 4.78 is 5.30. The Bertz CT molecular complexity index is 822. The van der Waals surface area contributed by atoms with Crippen molar-refractivity contribution in [1.29, 1.82) is 0 Å². The van der Waals surface area contributed by atoms with Gasteiger partial charge in [0.05, 0.1) is 11.8 Å². The Morgan fingerprint density at radius 1 is 1.13 bits per heavy atom. The molecule has 0 amide bonds. The first-order valence-corrected chi connectivity index (χ1v) is 8.22. The molecule has 0 aliphatic heterocycles. The number of furan rings is 1. The molecule has 0 spiro atoms. The Kier molecular flexibility index (Phi) is 4.53. The van der Waals surface area contributed by atoms with E-state index in [4.69, 9.17) is 4.42 Å². The van der Waals surface area contributed by atoms with E-state index in [9.17, 15) is 9.90 Å². The zero-order valence-electron chi connectivity index (χ0n) is 12.7. The van der Waals surface area contributed by atoms with Crippen LogP contribution in [0.25, 0.3) is 11.1 Å². The fourth-order valence-electron chi connectivity index (χ4n) is 2.43. The monoisotopic (exact) mass is 324 g/mol.